The molecular formula is C28H24F6. The van der Waals surface area contributed by atoms with Crippen molar-refractivity contribution in [2.45, 2.75) is 51.6 Å². The van der Waals surface area contributed by atoms with Gasteiger partial charge in [-0.25, -0.2) is 13.2 Å². The number of benzene rings is 3. The van der Waals surface area contributed by atoms with Crippen LogP contribution in [0.3, 0.4) is 0 Å². The Morgan fingerprint density at radius 3 is 1.85 bits per heavy atom. The molecule has 0 aliphatic rings. The zero-order chi connectivity index (χ0) is 24.7. The van der Waals surface area contributed by atoms with Gasteiger partial charge in [0.25, 0.3) is 0 Å². The number of halogens is 6. The summed E-state index contributed by atoms with van der Waals surface area (Å²) in [4.78, 5) is 0. The van der Waals surface area contributed by atoms with E-state index in [0.29, 0.717) is 5.56 Å². The first kappa shape index (κ1) is 25.4. The Labute approximate surface area is 195 Å². The van der Waals surface area contributed by atoms with Gasteiger partial charge in [-0.1, -0.05) is 74.9 Å². The Bertz CT molecular complexity index is 1160. The van der Waals surface area contributed by atoms with Crippen LogP contribution in [-0.4, -0.2) is 6.18 Å². The third kappa shape index (κ3) is 6.90. The fraction of sp³-hybridized carbons (Fsp3) is 0.286. The quantitative estimate of drug-likeness (QED) is 0.174. The average molecular weight is 474 g/mol. The molecule has 0 radical (unpaired) electrons. The van der Waals surface area contributed by atoms with E-state index >= 15 is 0 Å². The second-order valence-electron chi connectivity index (χ2n) is 8.12. The van der Waals surface area contributed by atoms with Crippen molar-refractivity contribution >= 4 is 0 Å². The summed E-state index contributed by atoms with van der Waals surface area (Å²) < 4.78 is 79.9. The lowest BCUT2D eigenvalue weighted by molar-refractivity contribution is -0.0696. The monoisotopic (exact) mass is 474 g/mol. The van der Waals surface area contributed by atoms with E-state index in [-0.39, 0.29) is 11.1 Å². The van der Waals surface area contributed by atoms with Gasteiger partial charge in [0, 0.05) is 11.5 Å². The van der Waals surface area contributed by atoms with Gasteiger partial charge in [-0.15, -0.1) is 0 Å². The van der Waals surface area contributed by atoms with Crippen molar-refractivity contribution in [3.05, 3.63) is 83.2 Å². The van der Waals surface area contributed by atoms with Crippen molar-refractivity contribution in [3.63, 3.8) is 0 Å². The summed E-state index contributed by atoms with van der Waals surface area (Å²) in [5.74, 6) is -0.998. The molecule has 0 aromatic heterocycles. The predicted octanol–water partition coefficient (Wildman–Crippen LogP) is 8.86. The molecule has 178 valence electrons. The van der Waals surface area contributed by atoms with Gasteiger partial charge in [-0.3, -0.25) is 0 Å². The smallest absolute Gasteiger partial charge is 0.206 e. The van der Waals surface area contributed by atoms with E-state index in [2.05, 4.69) is 6.92 Å². The van der Waals surface area contributed by atoms with Crippen LogP contribution in [0, 0.1) is 29.3 Å². The van der Waals surface area contributed by atoms with Crippen molar-refractivity contribution in [2.24, 2.45) is 0 Å². The molecule has 0 aliphatic heterocycles. The van der Waals surface area contributed by atoms with Gasteiger partial charge in [0.1, 0.15) is 17.5 Å². The van der Waals surface area contributed by atoms with E-state index < -0.39 is 29.2 Å². The van der Waals surface area contributed by atoms with Crippen LogP contribution in [0.25, 0.3) is 22.3 Å². The highest BCUT2D eigenvalue weighted by atomic mass is 19.4. The highest BCUT2D eigenvalue weighted by molar-refractivity contribution is 5.71. The van der Waals surface area contributed by atoms with Crippen molar-refractivity contribution in [1.29, 1.82) is 0 Å². The number of rotatable bonds is 8. The molecule has 0 saturated carbocycles. The molecule has 0 spiro atoms. The molecule has 0 amide bonds. The van der Waals surface area contributed by atoms with Gasteiger partial charge >= 0.3 is 6.18 Å². The van der Waals surface area contributed by atoms with Crippen LogP contribution in [0.15, 0.2) is 54.6 Å². The molecule has 0 fully saturated rings. The number of hydrogen-bond acceptors (Lipinski definition) is 0. The molecule has 0 bridgehead atoms. The minimum Gasteiger partial charge on any atom is -0.206 e. The molecule has 0 nitrogen and oxygen atoms in total. The van der Waals surface area contributed by atoms with Gasteiger partial charge < -0.3 is 0 Å². The highest BCUT2D eigenvalue weighted by Gasteiger charge is 2.24. The minimum atomic E-state index is -4.88. The van der Waals surface area contributed by atoms with E-state index in [1.807, 2.05) is 24.3 Å². The standard InChI is InChI=1S/C28H24F6/c1-2-3-4-5-6-7-19-8-10-20(11-9-19)21-12-13-23(25(29)16-21)22-17-26(30)24(27(31)18-22)14-15-28(32,33)34/h8-13,16-18H,2-7H2,1H3. The lowest BCUT2D eigenvalue weighted by atomic mass is 9.97. The second-order valence-corrected chi connectivity index (χ2v) is 8.12. The molecule has 34 heavy (non-hydrogen) atoms. The summed E-state index contributed by atoms with van der Waals surface area (Å²) in [6.45, 7) is 2.18. The first-order valence-electron chi connectivity index (χ1n) is 11.2. The molecule has 0 N–H and O–H groups in total. The summed E-state index contributed by atoms with van der Waals surface area (Å²) in [6, 6.07) is 13.7. The van der Waals surface area contributed by atoms with Crippen molar-refractivity contribution in [3.8, 4) is 34.1 Å². The van der Waals surface area contributed by atoms with Gasteiger partial charge in [-0.2, -0.15) is 13.2 Å². The van der Waals surface area contributed by atoms with Crippen LogP contribution in [0.5, 0.6) is 0 Å². The zero-order valence-corrected chi connectivity index (χ0v) is 18.7. The van der Waals surface area contributed by atoms with Gasteiger partial charge in [0.05, 0.1) is 5.56 Å². The normalized spacial score (nSPS) is 11.3. The van der Waals surface area contributed by atoms with Crippen LogP contribution < -0.4 is 0 Å². The highest BCUT2D eigenvalue weighted by Crippen LogP contribution is 2.30. The lowest BCUT2D eigenvalue weighted by Crippen LogP contribution is -2.02. The maximum Gasteiger partial charge on any atom is 0.458 e. The van der Waals surface area contributed by atoms with Gasteiger partial charge in [0.2, 0.25) is 0 Å². The molecule has 0 heterocycles. The zero-order valence-electron chi connectivity index (χ0n) is 18.7. The lowest BCUT2D eigenvalue weighted by Gasteiger charge is -2.09. The maximum atomic E-state index is 14.8. The van der Waals surface area contributed by atoms with E-state index in [4.69, 9.17) is 0 Å². The van der Waals surface area contributed by atoms with Crippen LogP contribution in [0.2, 0.25) is 0 Å². The minimum absolute atomic E-state index is 0.0689. The summed E-state index contributed by atoms with van der Waals surface area (Å²) >= 11 is 0. The van der Waals surface area contributed by atoms with Crippen molar-refractivity contribution in [2.75, 3.05) is 0 Å². The molecular weight excluding hydrogens is 450 g/mol. The van der Waals surface area contributed by atoms with Gasteiger partial charge in [-0.05, 0) is 53.3 Å². The third-order valence-electron chi connectivity index (χ3n) is 5.51. The number of aryl methyl sites for hydroxylation is 1. The van der Waals surface area contributed by atoms with E-state index in [9.17, 15) is 26.3 Å². The summed E-state index contributed by atoms with van der Waals surface area (Å²) in [5.41, 5.74) is 1.40. The maximum absolute atomic E-state index is 14.8. The molecule has 3 rings (SSSR count). The topological polar surface area (TPSA) is 0 Å². The Balaban J connectivity index is 1.77. The van der Waals surface area contributed by atoms with E-state index in [1.165, 1.54) is 49.3 Å². The largest absolute Gasteiger partial charge is 0.458 e. The molecule has 3 aromatic carbocycles. The van der Waals surface area contributed by atoms with Crippen LogP contribution >= 0.6 is 0 Å². The summed E-state index contributed by atoms with van der Waals surface area (Å²) in [5, 5.41) is 0. The average Bonchev–Trinajstić information content (AvgIpc) is 2.78. The Hall–Kier alpha value is -3.20. The molecule has 0 saturated heterocycles. The second kappa shape index (κ2) is 11.3. The van der Waals surface area contributed by atoms with Crippen LogP contribution in [-0.2, 0) is 6.42 Å². The molecule has 0 aliphatic carbocycles. The fourth-order valence-electron chi connectivity index (χ4n) is 3.71. The third-order valence-corrected chi connectivity index (χ3v) is 5.51. The van der Waals surface area contributed by atoms with Crippen molar-refractivity contribution < 1.29 is 26.3 Å². The number of alkyl halides is 3. The van der Waals surface area contributed by atoms with E-state index in [1.54, 1.807) is 6.07 Å². The van der Waals surface area contributed by atoms with E-state index in [0.717, 1.165) is 36.5 Å². The number of hydrogen-bond donors (Lipinski definition) is 0. The Kier molecular flexibility index (Phi) is 8.44. The molecule has 6 heteroatoms. The van der Waals surface area contributed by atoms with Crippen LogP contribution in [0.1, 0.15) is 50.2 Å². The predicted molar refractivity (Wildman–Crippen MR) is 123 cm³/mol. The molecule has 0 atom stereocenters. The summed E-state index contributed by atoms with van der Waals surface area (Å²) in [6.07, 6.45) is 2.10. The molecule has 0 unspecified atom stereocenters. The Morgan fingerprint density at radius 2 is 1.26 bits per heavy atom. The molecule has 3 aromatic rings. The van der Waals surface area contributed by atoms with Crippen LogP contribution in [0.4, 0.5) is 26.3 Å². The fourth-order valence-corrected chi connectivity index (χ4v) is 3.71. The Morgan fingerprint density at radius 1 is 0.676 bits per heavy atom. The first-order valence-corrected chi connectivity index (χ1v) is 11.2. The SMILES string of the molecule is CCCCCCCc1ccc(-c2ccc(-c3cc(F)c(C#CC(F)(F)F)c(F)c3)c(F)c2)cc1. The summed E-state index contributed by atoms with van der Waals surface area (Å²) in [7, 11) is 0. The number of unbranched alkanes of at least 4 members (excludes halogenated alkanes) is 4. The van der Waals surface area contributed by atoms with Crippen molar-refractivity contribution in [1.82, 2.24) is 0 Å². The first-order chi connectivity index (χ1) is 16.2. The van der Waals surface area contributed by atoms with Gasteiger partial charge in [0.15, 0.2) is 0 Å².